The molecule has 0 bridgehead atoms. The molecule has 1 amide bonds. The zero-order valence-electron chi connectivity index (χ0n) is 18.1. The van der Waals surface area contributed by atoms with Crippen LogP contribution in [-0.2, 0) is 22.6 Å². The van der Waals surface area contributed by atoms with Crippen LogP contribution in [0.2, 0.25) is 0 Å². The van der Waals surface area contributed by atoms with Crippen molar-refractivity contribution in [3.8, 4) is 17.1 Å². The molecule has 4 rings (SSSR count). The lowest BCUT2D eigenvalue weighted by molar-refractivity contribution is -0.131. The molecule has 0 unspecified atom stereocenters. The number of carbonyl (C=O) groups excluding carboxylic acids is 2. The molecule has 2 aromatic carbocycles. The van der Waals surface area contributed by atoms with Crippen LogP contribution in [-0.4, -0.2) is 22.0 Å². The fraction of sp³-hybridized carbons (Fsp3) is 0.208. The van der Waals surface area contributed by atoms with Crippen molar-refractivity contribution in [2.24, 2.45) is 0 Å². The minimum Gasteiger partial charge on any atom is -0.427 e. The molecule has 33 heavy (non-hydrogen) atoms. The van der Waals surface area contributed by atoms with Crippen molar-refractivity contribution < 1.29 is 23.3 Å². The van der Waals surface area contributed by atoms with Gasteiger partial charge in [0.1, 0.15) is 11.3 Å². The number of ether oxygens (including phenoxy) is 1. The lowest BCUT2D eigenvalue weighted by Crippen LogP contribution is -2.24. The second-order valence-corrected chi connectivity index (χ2v) is 7.40. The van der Waals surface area contributed by atoms with E-state index in [1.165, 1.54) is 13.0 Å². The third-order valence-electron chi connectivity index (χ3n) is 5.06. The van der Waals surface area contributed by atoms with E-state index in [0.29, 0.717) is 33.7 Å². The van der Waals surface area contributed by atoms with E-state index < -0.39 is 11.6 Å². The average Bonchev–Trinajstić information content (AvgIpc) is 3.27. The smallest absolute Gasteiger partial charge is 0.339 e. The summed E-state index contributed by atoms with van der Waals surface area (Å²) in [4.78, 5) is 40.2. The van der Waals surface area contributed by atoms with Gasteiger partial charge in [0.2, 0.25) is 17.6 Å². The van der Waals surface area contributed by atoms with Crippen LogP contribution in [0.25, 0.3) is 22.4 Å². The first-order valence-electron chi connectivity index (χ1n) is 10.3. The van der Waals surface area contributed by atoms with Gasteiger partial charge in [-0.25, -0.2) is 4.79 Å². The van der Waals surface area contributed by atoms with Gasteiger partial charge >= 0.3 is 11.6 Å². The lowest BCUT2D eigenvalue weighted by atomic mass is 10.0. The second-order valence-electron chi connectivity index (χ2n) is 7.40. The maximum atomic E-state index is 12.5. The second kappa shape index (κ2) is 9.47. The fourth-order valence-corrected chi connectivity index (χ4v) is 3.43. The van der Waals surface area contributed by atoms with E-state index in [9.17, 15) is 14.4 Å². The lowest BCUT2D eigenvalue weighted by Gasteiger charge is -2.09. The quantitative estimate of drug-likeness (QED) is 0.260. The summed E-state index contributed by atoms with van der Waals surface area (Å²) in [6.07, 6.45) is 0.295. The normalized spacial score (nSPS) is 10.8. The summed E-state index contributed by atoms with van der Waals surface area (Å²) in [5.74, 6) is 0.292. The third kappa shape index (κ3) is 5.15. The van der Waals surface area contributed by atoms with E-state index in [-0.39, 0.29) is 31.2 Å². The Balaban J connectivity index is 1.39. The standard InChI is InChI=1S/C24H21N3O6/c1-14-18-9-8-17(31-15(2)28)12-20(18)32-24(30)19(14)10-11-21(29)25-13-22-26-23(27-33-22)16-6-4-3-5-7-16/h3-9,12H,10-11,13H2,1-2H3,(H,25,29). The maximum Gasteiger partial charge on any atom is 0.339 e. The molecule has 168 valence electrons. The Bertz CT molecular complexity index is 1370. The van der Waals surface area contributed by atoms with Crippen molar-refractivity contribution in [1.82, 2.24) is 15.5 Å². The molecule has 9 nitrogen and oxygen atoms in total. The third-order valence-corrected chi connectivity index (χ3v) is 5.06. The molecule has 0 aliphatic rings. The van der Waals surface area contributed by atoms with Crippen LogP contribution >= 0.6 is 0 Å². The van der Waals surface area contributed by atoms with E-state index >= 15 is 0 Å². The summed E-state index contributed by atoms with van der Waals surface area (Å²) in [7, 11) is 0. The Hall–Kier alpha value is -4.27. The number of fused-ring (bicyclic) bond motifs is 1. The van der Waals surface area contributed by atoms with Crippen LogP contribution in [0, 0.1) is 6.92 Å². The molecule has 0 fully saturated rings. The van der Waals surface area contributed by atoms with Crippen LogP contribution in [0.4, 0.5) is 0 Å². The van der Waals surface area contributed by atoms with E-state index in [1.807, 2.05) is 30.3 Å². The molecule has 0 saturated heterocycles. The number of nitrogens with zero attached hydrogens (tertiary/aromatic N) is 2. The predicted molar refractivity (Wildman–Crippen MR) is 118 cm³/mol. The molecular weight excluding hydrogens is 426 g/mol. The molecule has 4 aromatic rings. The minimum atomic E-state index is -0.530. The first kappa shape index (κ1) is 21.9. The predicted octanol–water partition coefficient (Wildman–Crippen LogP) is 3.33. The topological polar surface area (TPSA) is 125 Å². The van der Waals surface area contributed by atoms with E-state index in [2.05, 4.69) is 15.5 Å². The molecule has 1 N–H and O–H groups in total. The number of rotatable bonds is 7. The van der Waals surface area contributed by atoms with Gasteiger partial charge in [-0.3, -0.25) is 9.59 Å². The molecule has 9 heteroatoms. The average molecular weight is 447 g/mol. The van der Waals surface area contributed by atoms with Crippen molar-refractivity contribution in [3.63, 3.8) is 0 Å². The summed E-state index contributed by atoms with van der Waals surface area (Å²) in [6.45, 7) is 3.17. The molecular formula is C24H21N3O6. The van der Waals surface area contributed by atoms with Crippen molar-refractivity contribution >= 4 is 22.8 Å². The highest BCUT2D eigenvalue weighted by Gasteiger charge is 2.15. The van der Waals surface area contributed by atoms with Gasteiger partial charge in [-0.05, 0) is 31.0 Å². The SMILES string of the molecule is CC(=O)Oc1ccc2c(C)c(CCC(=O)NCc3nc(-c4ccccc4)no3)c(=O)oc2c1. The number of esters is 1. The van der Waals surface area contributed by atoms with Crippen LogP contribution < -0.4 is 15.7 Å². The Labute approximate surface area is 188 Å². The Morgan fingerprint density at radius 1 is 1.12 bits per heavy atom. The first-order chi connectivity index (χ1) is 15.9. The highest BCUT2D eigenvalue weighted by molar-refractivity contribution is 5.83. The summed E-state index contributed by atoms with van der Waals surface area (Å²) in [5.41, 5.74) is 1.74. The number of aromatic nitrogens is 2. The number of amides is 1. The fourth-order valence-electron chi connectivity index (χ4n) is 3.43. The highest BCUT2D eigenvalue weighted by Crippen LogP contribution is 2.25. The molecule has 0 atom stereocenters. The largest absolute Gasteiger partial charge is 0.427 e. The Kier molecular flexibility index (Phi) is 6.30. The van der Waals surface area contributed by atoms with Crippen molar-refractivity contribution in [2.75, 3.05) is 0 Å². The molecule has 2 aromatic heterocycles. The molecule has 0 aliphatic heterocycles. The number of nitrogens with one attached hydrogen (secondary N) is 1. The number of aryl methyl sites for hydroxylation is 1. The van der Waals surface area contributed by atoms with E-state index in [0.717, 1.165) is 5.56 Å². The Morgan fingerprint density at radius 3 is 2.67 bits per heavy atom. The Morgan fingerprint density at radius 2 is 1.91 bits per heavy atom. The minimum absolute atomic E-state index is 0.0856. The molecule has 0 saturated carbocycles. The van der Waals surface area contributed by atoms with Crippen LogP contribution in [0.5, 0.6) is 5.75 Å². The van der Waals surface area contributed by atoms with Gasteiger partial charge < -0.3 is 19.0 Å². The first-order valence-corrected chi connectivity index (χ1v) is 10.3. The van der Waals surface area contributed by atoms with Crippen molar-refractivity contribution in [2.45, 2.75) is 33.2 Å². The van der Waals surface area contributed by atoms with Crippen molar-refractivity contribution in [3.05, 3.63) is 76.0 Å². The van der Waals surface area contributed by atoms with Crippen LogP contribution in [0.15, 0.2) is 62.3 Å². The maximum absolute atomic E-state index is 12.5. The molecule has 0 radical (unpaired) electrons. The van der Waals surface area contributed by atoms with Gasteiger partial charge in [-0.1, -0.05) is 35.5 Å². The zero-order valence-corrected chi connectivity index (χ0v) is 18.1. The van der Waals surface area contributed by atoms with Crippen LogP contribution in [0.3, 0.4) is 0 Å². The number of hydrogen-bond acceptors (Lipinski definition) is 8. The molecule has 0 spiro atoms. The molecule has 0 aliphatic carbocycles. The van der Waals surface area contributed by atoms with Crippen LogP contribution in [0.1, 0.15) is 30.4 Å². The monoisotopic (exact) mass is 447 g/mol. The van der Waals surface area contributed by atoms with E-state index in [4.69, 9.17) is 13.7 Å². The summed E-state index contributed by atoms with van der Waals surface area (Å²) < 4.78 is 15.6. The van der Waals surface area contributed by atoms with Gasteiger partial charge in [0.15, 0.2) is 0 Å². The van der Waals surface area contributed by atoms with Gasteiger partial charge in [0.05, 0.1) is 6.54 Å². The molecule has 2 heterocycles. The van der Waals surface area contributed by atoms with E-state index in [1.54, 1.807) is 19.1 Å². The number of hydrogen-bond donors (Lipinski definition) is 1. The highest BCUT2D eigenvalue weighted by atomic mass is 16.5. The summed E-state index contributed by atoms with van der Waals surface area (Å²) >= 11 is 0. The number of carbonyl (C=O) groups is 2. The van der Waals surface area contributed by atoms with Gasteiger partial charge in [-0.15, -0.1) is 0 Å². The summed E-state index contributed by atoms with van der Waals surface area (Å²) in [6, 6.07) is 14.2. The van der Waals surface area contributed by atoms with Gasteiger partial charge in [-0.2, -0.15) is 4.98 Å². The van der Waals surface area contributed by atoms with Gasteiger partial charge in [0, 0.05) is 35.9 Å². The zero-order chi connectivity index (χ0) is 23.4. The van der Waals surface area contributed by atoms with Gasteiger partial charge in [0.25, 0.3) is 0 Å². The number of benzene rings is 2. The van der Waals surface area contributed by atoms with Crippen molar-refractivity contribution in [1.29, 1.82) is 0 Å². The summed E-state index contributed by atoms with van der Waals surface area (Å²) in [5, 5.41) is 7.34.